The molecule has 0 aromatic heterocycles. The summed E-state index contributed by atoms with van der Waals surface area (Å²) in [5.74, 6) is -0.406. The van der Waals surface area contributed by atoms with E-state index in [9.17, 15) is 18.0 Å². The van der Waals surface area contributed by atoms with Crippen molar-refractivity contribution in [1.29, 1.82) is 0 Å². The maximum atomic E-state index is 12.5. The lowest BCUT2D eigenvalue weighted by atomic mass is 10.2. The molecule has 10 heteroatoms. The first kappa shape index (κ1) is 24.0. The Hall–Kier alpha value is -3.24. The molecule has 0 aliphatic rings. The number of carbonyl (C=O) groups excluding carboxylic acids is 2. The molecule has 0 aliphatic heterocycles. The van der Waals surface area contributed by atoms with Gasteiger partial charge in [0, 0.05) is 24.2 Å². The zero-order valence-corrected chi connectivity index (χ0v) is 18.5. The van der Waals surface area contributed by atoms with Crippen LogP contribution in [0.2, 0.25) is 0 Å². The quantitative estimate of drug-likeness (QED) is 0.425. The van der Waals surface area contributed by atoms with E-state index < -0.39 is 21.8 Å². The molecule has 0 saturated carbocycles. The van der Waals surface area contributed by atoms with Crippen molar-refractivity contribution in [2.45, 2.75) is 18.7 Å². The lowest BCUT2D eigenvalue weighted by Crippen LogP contribution is -2.35. The number of nitrogens with zero attached hydrogens (tertiary/aromatic N) is 2. The number of para-hydroxylation sites is 1. The van der Waals surface area contributed by atoms with Crippen LogP contribution in [0.5, 0.6) is 5.75 Å². The summed E-state index contributed by atoms with van der Waals surface area (Å²) in [5.41, 5.74) is 3.25. The van der Waals surface area contributed by atoms with Crippen molar-refractivity contribution >= 4 is 28.1 Å². The van der Waals surface area contributed by atoms with Gasteiger partial charge in [0.25, 0.3) is 11.8 Å². The fourth-order valence-corrected chi connectivity index (χ4v) is 4.20. The zero-order chi connectivity index (χ0) is 22.9. The first-order valence-electron chi connectivity index (χ1n) is 9.66. The molecule has 2 rings (SSSR count). The lowest BCUT2D eigenvalue weighted by molar-refractivity contribution is -0.120. The number of hydrazone groups is 1. The van der Waals surface area contributed by atoms with Gasteiger partial charge in [-0.15, -0.1) is 0 Å². The van der Waals surface area contributed by atoms with Crippen LogP contribution in [0.15, 0.2) is 58.5 Å². The maximum Gasteiger partial charge on any atom is 0.259 e. The van der Waals surface area contributed by atoms with Crippen LogP contribution in [0.1, 0.15) is 29.8 Å². The highest BCUT2D eigenvalue weighted by Crippen LogP contribution is 2.16. The summed E-state index contributed by atoms with van der Waals surface area (Å²) >= 11 is 0. The molecule has 0 unspecified atom stereocenters. The molecule has 2 aromatic rings. The first-order valence-corrected chi connectivity index (χ1v) is 11.1. The van der Waals surface area contributed by atoms with Crippen LogP contribution >= 0.6 is 0 Å². The Morgan fingerprint density at radius 2 is 1.71 bits per heavy atom. The normalized spacial score (nSPS) is 11.5. The van der Waals surface area contributed by atoms with E-state index in [1.807, 2.05) is 12.1 Å². The summed E-state index contributed by atoms with van der Waals surface area (Å²) in [4.78, 5) is 24.2. The Bertz CT molecular complexity index is 1030. The van der Waals surface area contributed by atoms with Gasteiger partial charge in [0.15, 0.2) is 0 Å². The van der Waals surface area contributed by atoms with Gasteiger partial charge in [-0.25, -0.2) is 13.8 Å². The smallest absolute Gasteiger partial charge is 0.259 e. The van der Waals surface area contributed by atoms with Crippen molar-refractivity contribution in [3.05, 3.63) is 59.7 Å². The monoisotopic (exact) mass is 446 g/mol. The molecule has 0 aliphatic carbocycles. The molecule has 2 aromatic carbocycles. The number of amides is 2. The van der Waals surface area contributed by atoms with E-state index in [0.29, 0.717) is 24.4 Å². The second-order valence-corrected chi connectivity index (χ2v) is 8.27. The van der Waals surface area contributed by atoms with Crippen LogP contribution in [-0.2, 0) is 14.8 Å². The van der Waals surface area contributed by atoms with Crippen LogP contribution in [0.4, 0.5) is 0 Å². The van der Waals surface area contributed by atoms with Crippen LogP contribution in [0.3, 0.4) is 0 Å². The average molecular weight is 447 g/mol. The molecule has 0 radical (unpaired) electrons. The standard InChI is InChI=1S/C21H26N4O5S/c1-4-25(5-2)31(28,29)18-12-10-16(11-13-18)21(27)22-15-20(26)24-23-14-17-8-6-7-9-19(17)30-3/h6-14H,4-5,15H2,1-3H3,(H,22,27)(H,24,26)/b23-14+. The zero-order valence-electron chi connectivity index (χ0n) is 17.7. The number of hydrogen-bond acceptors (Lipinski definition) is 6. The number of benzene rings is 2. The predicted octanol–water partition coefficient (Wildman–Crippen LogP) is 1.61. The van der Waals surface area contributed by atoms with E-state index in [4.69, 9.17) is 4.74 Å². The lowest BCUT2D eigenvalue weighted by Gasteiger charge is -2.18. The second kappa shape index (κ2) is 11.2. The van der Waals surface area contributed by atoms with Gasteiger partial charge in [0.2, 0.25) is 10.0 Å². The van der Waals surface area contributed by atoms with Crippen molar-refractivity contribution in [3.63, 3.8) is 0 Å². The largest absolute Gasteiger partial charge is 0.496 e. The van der Waals surface area contributed by atoms with E-state index in [0.717, 1.165) is 0 Å². The molecule has 9 nitrogen and oxygen atoms in total. The third-order valence-corrected chi connectivity index (χ3v) is 6.47. The Morgan fingerprint density at radius 1 is 1.06 bits per heavy atom. The van der Waals surface area contributed by atoms with E-state index in [1.165, 1.54) is 41.9 Å². The fourth-order valence-electron chi connectivity index (χ4n) is 2.74. The highest BCUT2D eigenvalue weighted by atomic mass is 32.2. The van der Waals surface area contributed by atoms with E-state index >= 15 is 0 Å². The first-order chi connectivity index (χ1) is 14.8. The van der Waals surface area contributed by atoms with Gasteiger partial charge in [-0.1, -0.05) is 26.0 Å². The van der Waals surface area contributed by atoms with E-state index in [-0.39, 0.29) is 17.0 Å². The fraction of sp³-hybridized carbons (Fsp3) is 0.286. The average Bonchev–Trinajstić information content (AvgIpc) is 2.78. The predicted molar refractivity (Wildman–Crippen MR) is 118 cm³/mol. The Kier molecular flexibility index (Phi) is 8.71. The third kappa shape index (κ3) is 6.37. The minimum atomic E-state index is -3.59. The second-order valence-electron chi connectivity index (χ2n) is 6.33. The summed E-state index contributed by atoms with van der Waals surface area (Å²) in [6.45, 7) is 3.94. The molecule has 0 bridgehead atoms. The molecular formula is C21H26N4O5S. The van der Waals surface area contributed by atoms with Gasteiger partial charge in [-0.3, -0.25) is 9.59 Å². The van der Waals surface area contributed by atoms with Gasteiger partial charge in [-0.05, 0) is 36.4 Å². The summed E-state index contributed by atoms with van der Waals surface area (Å²) in [5, 5.41) is 6.31. The molecule has 0 spiro atoms. The van der Waals surface area contributed by atoms with Gasteiger partial charge in [0.1, 0.15) is 5.75 Å². The minimum Gasteiger partial charge on any atom is -0.496 e. The van der Waals surface area contributed by atoms with Gasteiger partial charge < -0.3 is 10.1 Å². The number of ether oxygens (including phenoxy) is 1. The highest BCUT2D eigenvalue weighted by molar-refractivity contribution is 7.89. The van der Waals surface area contributed by atoms with Gasteiger partial charge in [0.05, 0.1) is 24.8 Å². The molecule has 0 fully saturated rings. The number of carbonyl (C=O) groups is 2. The van der Waals surface area contributed by atoms with Crippen molar-refractivity contribution in [3.8, 4) is 5.75 Å². The number of nitrogens with one attached hydrogen (secondary N) is 2. The molecule has 0 heterocycles. The maximum absolute atomic E-state index is 12.5. The molecular weight excluding hydrogens is 420 g/mol. The van der Waals surface area contributed by atoms with Crippen LogP contribution in [0, 0.1) is 0 Å². The summed E-state index contributed by atoms with van der Waals surface area (Å²) in [6.07, 6.45) is 1.44. The minimum absolute atomic E-state index is 0.108. The SMILES string of the molecule is CCN(CC)S(=O)(=O)c1ccc(C(=O)NCC(=O)N/N=C/c2ccccc2OC)cc1. The Labute approximate surface area is 182 Å². The Balaban J connectivity index is 1.91. The Morgan fingerprint density at radius 3 is 2.32 bits per heavy atom. The summed E-state index contributed by atoms with van der Waals surface area (Å²) < 4.78 is 31.5. The molecule has 31 heavy (non-hydrogen) atoms. The van der Waals surface area contributed by atoms with E-state index in [1.54, 1.807) is 26.0 Å². The molecule has 0 saturated heterocycles. The number of methoxy groups -OCH3 is 1. The number of rotatable bonds is 10. The van der Waals surface area contributed by atoms with Crippen LogP contribution in [-0.4, -0.2) is 57.5 Å². The summed E-state index contributed by atoms with van der Waals surface area (Å²) in [6, 6.07) is 12.7. The van der Waals surface area contributed by atoms with Crippen molar-refractivity contribution in [2.75, 3.05) is 26.7 Å². The van der Waals surface area contributed by atoms with Crippen LogP contribution < -0.4 is 15.5 Å². The highest BCUT2D eigenvalue weighted by Gasteiger charge is 2.21. The number of sulfonamides is 1. The number of hydrogen-bond donors (Lipinski definition) is 2. The van der Waals surface area contributed by atoms with Gasteiger partial charge in [-0.2, -0.15) is 9.41 Å². The molecule has 2 N–H and O–H groups in total. The molecule has 2 amide bonds. The van der Waals surface area contributed by atoms with E-state index in [2.05, 4.69) is 15.8 Å². The van der Waals surface area contributed by atoms with Crippen molar-refractivity contribution < 1.29 is 22.7 Å². The summed E-state index contributed by atoms with van der Waals surface area (Å²) in [7, 11) is -2.06. The molecule has 166 valence electrons. The van der Waals surface area contributed by atoms with Crippen molar-refractivity contribution in [1.82, 2.24) is 15.0 Å². The van der Waals surface area contributed by atoms with Gasteiger partial charge >= 0.3 is 0 Å². The molecule has 0 atom stereocenters. The van der Waals surface area contributed by atoms with Crippen LogP contribution in [0.25, 0.3) is 0 Å². The topological polar surface area (TPSA) is 117 Å². The van der Waals surface area contributed by atoms with Crippen molar-refractivity contribution in [2.24, 2.45) is 5.10 Å². The third-order valence-electron chi connectivity index (χ3n) is 4.40.